The number of hydrogen-bond acceptors (Lipinski definition) is 4. The van der Waals surface area contributed by atoms with Crippen LogP contribution in [0.15, 0.2) is 35.1 Å². The van der Waals surface area contributed by atoms with E-state index in [0.717, 1.165) is 12.1 Å². The number of H-pyrrole nitrogens is 1. The predicted molar refractivity (Wildman–Crippen MR) is 100 cm³/mol. The van der Waals surface area contributed by atoms with E-state index < -0.39 is 23.2 Å². The minimum absolute atomic E-state index is 0.0530. The summed E-state index contributed by atoms with van der Waals surface area (Å²) >= 11 is 0. The number of benzene rings is 1. The molecule has 1 aromatic carbocycles. The SMILES string of the molecule is CCc1c(C)nc(-n2nc(C)cc2NC(=O)c2ccccc2C(F)(F)F)[nH]c1=O. The summed E-state index contributed by atoms with van der Waals surface area (Å²) in [7, 11) is 0. The van der Waals surface area contributed by atoms with Crippen LogP contribution in [-0.2, 0) is 12.6 Å². The smallest absolute Gasteiger partial charge is 0.306 e. The molecular weight excluding hydrogens is 387 g/mol. The number of alkyl halides is 3. The first kappa shape index (κ1) is 20.3. The van der Waals surface area contributed by atoms with Crippen LogP contribution in [0.5, 0.6) is 0 Å². The van der Waals surface area contributed by atoms with Crippen LogP contribution in [0.2, 0.25) is 0 Å². The lowest BCUT2D eigenvalue weighted by Crippen LogP contribution is -2.23. The van der Waals surface area contributed by atoms with Crippen molar-refractivity contribution in [2.45, 2.75) is 33.4 Å². The largest absolute Gasteiger partial charge is 0.417 e. The standard InChI is InChI=1S/C19H18F3N5O2/c1-4-12-11(3)23-18(25-16(12)28)27-15(9-10(2)26-27)24-17(29)13-7-5-6-8-14(13)19(20,21)22/h5-9H,4H2,1-3H3,(H,24,29)(H,23,25,28). The van der Waals surface area contributed by atoms with Crippen LogP contribution in [0, 0.1) is 13.8 Å². The Morgan fingerprint density at radius 2 is 1.93 bits per heavy atom. The fourth-order valence-corrected chi connectivity index (χ4v) is 2.97. The molecule has 7 nitrogen and oxygen atoms in total. The summed E-state index contributed by atoms with van der Waals surface area (Å²) in [6, 6.07) is 5.95. The Morgan fingerprint density at radius 1 is 1.24 bits per heavy atom. The average Bonchev–Trinajstić information content (AvgIpc) is 3.01. The molecule has 0 saturated heterocycles. The third kappa shape index (κ3) is 4.05. The number of aryl methyl sites for hydroxylation is 2. The monoisotopic (exact) mass is 405 g/mol. The number of anilines is 1. The quantitative estimate of drug-likeness (QED) is 0.696. The summed E-state index contributed by atoms with van der Waals surface area (Å²) in [5.41, 5.74) is -0.423. The van der Waals surface area contributed by atoms with Gasteiger partial charge in [0.2, 0.25) is 5.95 Å². The molecule has 0 bridgehead atoms. The highest BCUT2D eigenvalue weighted by Gasteiger charge is 2.35. The van der Waals surface area contributed by atoms with E-state index in [4.69, 9.17) is 0 Å². The predicted octanol–water partition coefficient (Wildman–Crippen LogP) is 3.41. The molecule has 1 amide bonds. The van der Waals surface area contributed by atoms with Gasteiger partial charge in [0.15, 0.2) is 0 Å². The second kappa shape index (κ2) is 7.53. The third-order valence-electron chi connectivity index (χ3n) is 4.31. The van der Waals surface area contributed by atoms with E-state index in [1.165, 1.54) is 22.9 Å². The number of carbonyl (C=O) groups is 1. The highest BCUT2D eigenvalue weighted by Crippen LogP contribution is 2.32. The molecule has 3 rings (SSSR count). The van der Waals surface area contributed by atoms with E-state index in [1.807, 2.05) is 6.92 Å². The van der Waals surface area contributed by atoms with Gasteiger partial charge in [0.1, 0.15) is 5.82 Å². The Kier molecular flexibility index (Phi) is 5.27. The average molecular weight is 405 g/mol. The first-order chi connectivity index (χ1) is 13.6. The van der Waals surface area contributed by atoms with E-state index in [1.54, 1.807) is 13.8 Å². The van der Waals surface area contributed by atoms with Crippen LogP contribution in [-0.4, -0.2) is 25.7 Å². The van der Waals surface area contributed by atoms with E-state index in [9.17, 15) is 22.8 Å². The van der Waals surface area contributed by atoms with Gasteiger partial charge in [-0.1, -0.05) is 19.1 Å². The van der Waals surface area contributed by atoms with Gasteiger partial charge in [-0.2, -0.15) is 23.0 Å². The van der Waals surface area contributed by atoms with E-state index in [2.05, 4.69) is 20.4 Å². The molecule has 2 heterocycles. The van der Waals surface area contributed by atoms with E-state index in [0.29, 0.717) is 23.4 Å². The second-order valence-electron chi connectivity index (χ2n) is 6.39. The van der Waals surface area contributed by atoms with Gasteiger partial charge in [0.05, 0.1) is 16.8 Å². The topological polar surface area (TPSA) is 92.7 Å². The maximum absolute atomic E-state index is 13.2. The molecule has 0 aliphatic rings. The van der Waals surface area contributed by atoms with Crippen LogP contribution in [0.4, 0.5) is 19.0 Å². The molecule has 0 aliphatic heterocycles. The van der Waals surface area contributed by atoms with Crippen LogP contribution >= 0.6 is 0 Å². The van der Waals surface area contributed by atoms with Crippen molar-refractivity contribution in [2.75, 3.05) is 5.32 Å². The fourth-order valence-electron chi connectivity index (χ4n) is 2.97. The van der Waals surface area contributed by atoms with Crippen molar-refractivity contribution in [1.29, 1.82) is 0 Å². The molecular formula is C19H18F3N5O2. The first-order valence-electron chi connectivity index (χ1n) is 8.76. The van der Waals surface area contributed by atoms with Crippen molar-refractivity contribution in [1.82, 2.24) is 19.7 Å². The molecule has 152 valence electrons. The normalized spacial score (nSPS) is 11.5. The zero-order valence-electron chi connectivity index (χ0n) is 15.9. The molecule has 0 fully saturated rings. The number of halogens is 3. The van der Waals surface area contributed by atoms with Gasteiger partial charge in [0.25, 0.3) is 11.5 Å². The maximum atomic E-state index is 13.2. The van der Waals surface area contributed by atoms with Gasteiger partial charge in [-0.3, -0.25) is 14.6 Å². The number of nitrogens with zero attached hydrogens (tertiary/aromatic N) is 3. The van der Waals surface area contributed by atoms with Gasteiger partial charge in [-0.15, -0.1) is 0 Å². The molecule has 0 saturated carbocycles. The lowest BCUT2D eigenvalue weighted by atomic mass is 10.1. The molecule has 0 atom stereocenters. The zero-order valence-corrected chi connectivity index (χ0v) is 15.9. The fraction of sp³-hybridized carbons (Fsp3) is 0.263. The third-order valence-corrected chi connectivity index (χ3v) is 4.31. The Labute approximate surface area is 163 Å². The Balaban J connectivity index is 2.02. The molecule has 0 spiro atoms. The van der Waals surface area contributed by atoms with Crippen LogP contribution in [0.3, 0.4) is 0 Å². The Bertz CT molecular complexity index is 1130. The summed E-state index contributed by atoms with van der Waals surface area (Å²) in [4.78, 5) is 31.7. The number of aromatic nitrogens is 4. The number of rotatable bonds is 4. The van der Waals surface area contributed by atoms with Crippen LogP contribution < -0.4 is 10.9 Å². The van der Waals surface area contributed by atoms with Crippen molar-refractivity contribution < 1.29 is 18.0 Å². The van der Waals surface area contributed by atoms with Crippen molar-refractivity contribution in [3.8, 4) is 5.95 Å². The maximum Gasteiger partial charge on any atom is 0.417 e. The van der Waals surface area contributed by atoms with Crippen molar-refractivity contribution in [3.63, 3.8) is 0 Å². The summed E-state index contributed by atoms with van der Waals surface area (Å²) in [5, 5.41) is 6.61. The Hall–Kier alpha value is -3.43. The highest BCUT2D eigenvalue weighted by atomic mass is 19.4. The van der Waals surface area contributed by atoms with Crippen LogP contribution in [0.1, 0.15) is 39.8 Å². The van der Waals surface area contributed by atoms with Crippen molar-refractivity contribution in [3.05, 3.63) is 68.8 Å². The number of amides is 1. The number of hydrogen-bond donors (Lipinski definition) is 2. The molecule has 29 heavy (non-hydrogen) atoms. The zero-order chi connectivity index (χ0) is 21.3. The number of nitrogens with one attached hydrogen (secondary N) is 2. The van der Waals surface area contributed by atoms with Gasteiger partial charge >= 0.3 is 6.18 Å². The molecule has 10 heteroatoms. The molecule has 0 unspecified atom stereocenters. The summed E-state index contributed by atoms with van der Waals surface area (Å²) in [6.07, 6.45) is -4.19. The molecule has 2 N–H and O–H groups in total. The first-order valence-corrected chi connectivity index (χ1v) is 8.76. The van der Waals surface area contributed by atoms with Crippen molar-refractivity contribution in [2.24, 2.45) is 0 Å². The minimum Gasteiger partial charge on any atom is -0.306 e. The van der Waals surface area contributed by atoms with Gasteiger partial charge < -0.3 is 5.32 Å². The van der Waals surface area contributed by atoms with E-state index >= 15 is 0 Å². The number of carbonyl (C=O) groups excluding carboxylic acids is 1. The minimum atomic E-state index is -4.68. The number of aromatic amines is 1. The molecule has 0 aliphatic carbocycles. The van der Waals surface area contributed by atoms with Gasteiger partial charge in [0, 0.05) is 17.3 Å². The lowest BCUT2D eigenvalue weighted by molar-refractivity contribution is -0.137. The summed E-state index contributed by atoms with van der Waals surface area (Å²) in [6.45, 7) is 5.13. The van der Waals surface area contributed by atoms with Crippen molar-refractivity contribution >= 4 is 11.7 Å². The summed E-state index contributed by atoms with van der Waals surface area (Å²) < 4.78 is 40.8. The summed E-state index contributed by atoms with van der Waals surface area (Å²) in [5.74, 6) is -0.822. The molecule has 0 radical (unpaired) electrons. The van der Waals surface area contributed by atoms with E-state index in [-0.39, 0.29) is 17.3 Å². The van der Waals surface area contributed by atoms with Gasteiger partial charge in [-0.25, -0.2) is 4.98 Å². The Morgan fingerprint density at radius 3 is 2.55 bits per heavy atom. The molecule has 3 aromatic rings. The highest BCUT2D eigenvalue weighted by molar-refractivity contribution is 6.05. The second-order valence-corrected chi connectivity index (χ2v) is 6.39. The molecule has 2 aromatic heterocycles. The van der Waals surface area contributed by atoms with Crippen LogP contribution in [0.25, 0.3) is 5.95 Å². The lowest BCUT2D eigenvalue weighted by Gasteiger charge is -2.13. The van der Waals surface area contributed by atoms with Gasteiger partial charge in [-0.05, 0) is 32.4 Å².